The molecular weight excluding hydrogens is 466 g/mol. The van der Waals surface area contributed by atoms with Crippen LogP contribution in [0.15, 0.2) is 29.8 Å². The van der Waals surface area contributed by atoms with Crippen molar-refractivity contribution >= 4 is 29.4 Å². The van der Waals surface area contributed by atoms with E-state index in [2.05, 4.69) is 4.98 Å². The lowest BCUT2D eigenvalue weighted by Crippen LogP contribution is -2.32. The number of H-pyrrole nitrogens is 1. The summed E-state index contributed by atoms with van der Waals surface area (Å²) in [5.41, 5.74) is 2.03. The molecule has 0 bridgehead atoms. The molecule has 1 fully saturated rings. The van der Waals surface area contributed by atoms with E-state index in [0.29, 0.717) is 35.3 Å². The maximum Gasteiger partial charge on any atom is 0.354 e. The molecule has 1 aliphatic heterocycles. The number of aliphatic hydroxyl groups is 1. The van der Waals surface area contributed by atoms with E-state index < -0.39 is 29.7 Å². The lowest BCUT2D eigenvalue weighted by Gasteiger charge is -2.26. The maximum atomic E-state index is 13.3. The minimum atomic E-state index is -0.880. The summed E-state index contributed by atoms with van der Waals surface area (Å²) in [5.74, 6) is -3.06. The van der Waals surface area contributed by atoms with E-state index in [9.17, 15) is 24.3 Å². The van der Waals surface area contributed by atoms with Gasteiger partial charge in [-0.15, -0.1) is 0 Å². The summed E-state index contributed by atoms with van der Waals surface area (Å²) in [6.07, 6.45) is 0.603. The molecule has 10 nitrogen and oxygen atoms in total. The lowest BCUT2D eigenvalue weighted by molar-refractivity contribution is -0.139. The highest BCUT2D eigenvalue weighted by atomic mass is 16.5. The van der Waals surface area contributed by atoms with Gasteiger partial charge in [-0.2, -0.15) is 0 Å². The number of aryl methyl sites for hydroxylation is 1. The summed E-state index contributed by atoms with van der Waals surface area (Å²) in [7, 11) is 6.34. The summed E-state index contributed by atoms with van der Waals surface area (Å²) in [6.45, 7) is 4.25. The number of esters is 2. The number of amides is 1. The zero-order chi connectivity index (χ0) is 26.7. The first-order valence-electron chi connectivity index (χ1n) is 11.4. The first kappa shape index (κ1) is 26.7. The number of ether oxygens (including phenoxy) is 2. The van der Waals surface area contributed by atoms with E-state index in [0.717, 1.165) is 0 Å². The van der Waals surface area contributed by atoms with Gasteiger partial charge in [0.15, 0.2) is 0 Å². The Morgan fingerprint density at radius 3 is 2.22 bits per heavy atom. The number of aromatic nitrogens is 1. The molecule has 1 aromatic heterocycles. The number of rotatable bonds is 8. The Kier molecular flexibility index (Phi) is 7.99. The largest absolute Gasteiger partial charge is 0.507 e. The molecule has 0 radical (unpaired) electrons. The molecule has 3 rings (SSSR count). The zero-order valence-corrected chi connectivity index (χ0v) is 21.3. The molecule has 192 valence electrons. The van der Waals surface area contributed by atoms with Gasteiger partial charge in [0.05, 0.1) is 31.4 Å². The number of nitrogens with zero attached hydrogens (tertiary/aromatic N) is 2. The third-order valence-corrected chi connectivity index (χ3v) is 6.26. The van der Waals surface area contributed by atoms with Crippen molar-refractivity contribution in [2.75, 3.05) is 41.4 Å². The lowest BCUT2D eigenvalue weighted by atomic mass is 9.93. The third-order valence-electron chi connectivity index (χ3n) is 6.26. The number of hydrogen-bond acceptors (Lipinski definition) is 8. The van der Waals surface area contributed by atoms with Crippen molar-refractivity contribution in [2.24, 2.45) is 0 Å². The number of methoxy groups -OCH3 is 2. The minimum Gasteiger partial charge on any atom is -0.507 e. The Hall–Kier alpha value is -3.92. The summed E-state index contributed by atoms with van der Waals surface area (Å²) >= 11 is 0. The fourth-order valence-corrected chi connectivity index (χ4v) is 4.48. The molecule has 36 heavy (non-hydrogen) atoms. The molecule has 0 spiro atoms. The molecule has 1 amide bonds. The first-order valence-corrected chi connectivity index (χ1v) is 11.4. The van der Waals surface area contributed by atoms with Gasteiger partial charge >= 0.3 is 11.9 Å². The molecule has 1 saturated heterocycles. The van der Waals surface area contributed by atoms with Crippen LogP contribution in [0.25, 0.3) is 5.76 Å². The van der Waals surface area contributed by atoms with Gasteiger partial charge in [-0.1, -0.05) is 12.1 Å². The van der Waals surface area contributed by atoms with Crippen molar-refractivity contribution in [1.29, 1.82) is 0 Å². The van der Waals surface area contributed by atoms with E-state index in [1.54, 1.807) is 38.1 Å². The second-order valence-corrected chi connectivity index (χ2v) is 8.88. The number of nitrogens with one attached hydrogen (secondary N) is 1. The molecule has 2 aromatic rings. The van der Waals surface area contributed by atoms with Crippen molar-refractivity contribution in [3.63, 3.8) is 0 Å². The van der Waals surface area contributed by atoms with Crippen LogP contribution in [0.1, 0.15) is 55.7 Å². The number of ketones is 1. The Labute approximate surface area is 209 Å². The first-order chi connectivity index (χ1) is 17.0. The van der Waals surface area contributed by atoms with Crippen LogP contribution in [-0.4, -0.2) is 84.9 Å². The zero-order valence-electron chi connectivity index (χ0n) is 21.3. The van der Waals surface area contributed by atoms with Crippen LogP contribution < -0.4 is 0 Å². The van der Waals surface area contributed by atoms with E-state index in [-0.39, 0.29) is 29.1 Å². The highest BCUT2D eigenvalue weighted by molar-refractivity contribution is 6.46. The van der Waals surface area contributed by atoms with Crippen LogP contribution in [0, 0.1) is 13.8 Å². The van der Waals surface area contributed by atoms with E-state index in [4.69, 9.17) is 9.47 Å². The van der Waals surface area contributed by atoms with Crippen molar-refractivity contribution in [1.82, 2.24) is 14.8 Å². The van der Waals surface area contributed by atoms with Gasteiger partial charge in [-0.05, 0) is 64.2 Å². The molecular formula is C26H31N3O7. The summed E-state index contributed by atoms with van der Waals surface area (Å²) in [5, 5.41) is 11.4. The predicted molar refractivity (Wildman–Crippen MR) is 132 cm³/mol. The topological polar surface area (TPSA) is 129 Å². The van der Waals surface area contributed by atoms with Crippen molar-refractivity contribution < 1.29 is 33.8 Å². The van der Waals surface area contributed by atoms with Gasteiger partial charge in [0.25, 0.3) is 11.7 Å². The fraction of sp³-hybridized carbons (Fsp3) is 0.385. The maximum absolute atomic E-state index is 13.3. The molecule has 2 N–H and O–H groups in total. The van der Waals surface area contributed by atoms with Gasteiger partial charge in [0.1, 0.15) is 11.5 Å². The Bertz CT molecular complexity index is 1220. The van der Waals surface area contributed by atoms with Crippen LogP contribution in [-0.2, 0) is 19.1 Å². The SMILES string of the molecule is COC(=O)c1ccc([C@@H]2/C(=C(\O)c3c(C)[nH]c(C(=O)OC)c3C)C(=O)C(=O)N2CCCN(C)C)cc1. The number of aromatic amines is 1. The smallest absolute Gasteiger partial charge is 0.354 e. The van der Waals surface area contributed by atoms with Gasteiger partial charge < -0.3 is 29.4 Å². The summed E-state index contributed by atoms with van der Waals surface area (Å²) in [6, 6.07) is 5.47. The second kappa shape index (κ2) is 10.8. The molecule has 10 heteroatoms. The number of carbonyl (C=O) groups is 4. The number of carbonyl (C=O) groups excluding carboxylic acids is 4. The van der Waals surface area contributed by atoms with Crippen molar-refractivity contribution in [3.8, 4) is 0 Å². The van der Waals surface area contributed by atoms with Crippen LogP contribution in [0.3, 0.4) is 0 Å². The number of likely N-dealkylation sites (tertiary alicyclic amines) is 1. The average Bonchev–Trinajstić information content (AvgIpc) is 3.29. The normalized spacial score (nSPS) is 17.1. The van der Waals surface area contributed by atoms with Crippen LogP contribution in [0.4, 0.5) is 0 Å². The number of benzene rings is 1. The van der Waals surface area contributed by atoms with E-state index in [1.807, 2.05) is 19.0 Å². The Balaban J connectivity index is 2.17. The van der Waals surface area contributed by atoms with Gasteiger partial charge in [-0.3, -0.25) is 9.59 Å². The average molecular weight is 498 g/mol. The molecule has 1 aromatic carbocycles. The molecule has 2 heterocycles. The fourth-order valence-electron chi connectivity index (χ4n) is 4.48. The molecule has 1 aliphatic rings. The highest BCUT2D eigenvalue weighted by Crippen LogP contribution is 2.41. The Morgan fingerprint density at radius 1 is 1.06 bits per heavy atom. The van der Waals surface area contributed by atoms with Gasteiger partial charge in [-0.25, -0.2) is 9.59 Å². The minimum absolute atomic E-state index is 0.0858. The van der Waals surface area contributed by atoms with Crippen LogP contribution >= 0.6 is 0 Å². The van der Waals surface area contributed by atoms with Crippen molar-refractivity contribution in [2.45, 2.75) is 26.3 Å². The number of hydrogen-bond donors (Lipinski definition) is 2. The quantitative estimate of drug-likeness (QED) is 0.246. The van der Waals surface area contributed by atoms with Crippen molar-refractivity contribution in [3.05, 3.63) is 63.5 Å². The summed E-state index contributed by atoms with van der Waals surface area (Å²) in [4.78, 5) is 56.7. The highest BCUT2D eigenvalue weighted by Gasteiger charge is 2.46. The van der Waals surface area contributed by atoms with Crippen LogP contribution in [0.2, 0.25) is 0 Å². The monoisotopic (exact) mass is 497 g/mol. The molecule has 0 aliphatic carbocycles. The van der Waals surface area contributed by atoms with E-state index in [1.165, 1.54) is 19.1 Å². The number of aliphatic hydroxyl groups excluding tert-OH is 1. The molecule has 1 atom stereocenters. The second-order valence-electron chi connectivity index (χ2n) is 8.88. The van der Waals surface area contributed by atoms with Crippen LogP contribution in [0.5, 0.6) is 0 Å². The standard InChI is InChI=1S/C26H31N3O7/c1-14-18(15(2)27-20(14)26(34)36-6)22(30)19-21(16-8-10-17(11-9-16)25(33)35-5)29(24(32)23(19)31)13-7-12-28(3)4/h8-11,21,27,30H,7,12-13H2,1-6H3/b22-19+/t21-/m1/s1. The predicted octanol–water partition coefficient (Wildman–Crippen LogP) is 2.58. The Morgan fingerprint density at radius 2 is 1.67 bits per heavy atom. The van der Waals surface area contributed by atoms with Gasteiger partial charge in [0, 0.05) is 17.8 Å². The summed E-state index contributed by atoms with van der Waals surface area (Å²) < 4.78 is 9.55. The van der Waals surface area contributed by atoms with E-state index >= 15 is 0 Å². The number of Topliss-reactive ketones (excluding diaryl/α,β-unsaturated/α-hetero) is 1. The molecule has 0 unspecified atom stereocenters. The third kappa shape index (κ3) is 4.90. The van der Waals surface area contributed by atoms with Gasteiger partial charge in [0.2, 0.25) is 0 Å². The molecule has 0 saturated carbocycles.